The molecule has 32 heavy (non-hydrogen) atoms. The maximum Gasteiger partial charge on any atom is 0.286 e. The van der Waals surface area contributed by atoms with Crippen molar-refractivity contribution in [2.75, 3.05) is 12.4 Å². The van der Waals surface area contributed by atoms with Crippen molar-refractivity contribution in [1.82, 2.24) is 4.31 Å². The van der Waals surface area contributed by atoms with E-state index in [-0.39, 0.29) is 27.9 Å². The normalized spacial score (nSPS) is 15.2. The number of furan rings is 1. The number of hydrogen-bond acceptors (Lipinski definition) is 5. The van der Waals surface area contributed by atoms with E-state index in [1.165, 1.54) is 28.6 Å². The van der Waals surface area contributed by atoms with Crippen LogP contribution in [0.25, 0.3) is 11.0 Å². The molecule has 1 saturated carbocycles. The first-order valence-electron chi connectivity index (χ1n) is 10.5. The summed E-state index contributed by atoms with van der Waals surface area (Å²) in [6.45, 7) is 0. The molecule has 0 aliphatic heterocycles. The SMILES string of the molecule is CN(C1CCCCC1)S(=O)(=O)c1ccc(C(=O)Nc2c(C(N)=O)oc3ccccc23)cc1. The fourth-order valence-corrected chi connectivity index (χ4v) is 5.53. The third-order valence-corrected chi connectivity index (χ3v) is 7.86. The highest BCUT2D eigenvalue weighted by Crippen LogP contribution is 2.31. The van der Waals surface area contributed by atoms with Crippen molar-refractivity contribution in [2.45, 2.75) is 43.0 Å². The summed E-state index contributed by atoms with van der Waals surface area (Å²) in [7, 11) is -2.04. The standard InChI is InChI=1S/C23H25N3O5S/c1-26(16-7-3-2-4-8-16)32(29,30)17-13-11-15(12-14-17)23(28)25-20-18-9-5-6-10-19(18)31-21(20)22(24)27/h5-6,9-14,16H,2-4,7-8H2,1H3,(H2,24,27)(H,25,28). The first-order valence-corrected chi connectivity index (χ1v) is 11.9. The lowest BCUT2D eigenvalue weighted by Crippen LogP contribution is -2.38. The lowest BCUT2D eigenvalue weighted by Gasteiger charge is -2.30. The molecule has 0 atom stereocenters. The zero-order valence-corrected chi connectivity index (χ0v) is 18.5. The lowest BCUT2D eigenvalue weighted by atomic mass is 9.96. The topological polar surface area (TPSA) is 123 Å². The summed E-state index contributed by atoms with van der Waals surface area (Å²) in [5, 5.41) is 3.21. The Morgan fingerprint density at radius 1 is 1.03 bits per heavy atom. The van der Waals surface area contributed by atoms with Gasteiger partial charge in [-0.2, -0.15) is 4.31 Å². The summed E-state index contributed by atoms with van der Waals surface area (Å²) in [6, 6.07) is 12.6. The van der Waals surface area contributed by atoms with Crippen molar-refractivity contribution in [2.24, 2.45) is 5.73 Å². The summed E-state index contributed by atoms with van der Waals surface area (Å²) < 4.78 is 32.9. The van der Waals surface area contributed by atoms with Gasteiger partial charge < -0.3 is 15.5 Å². The average Bonchev–Trinajstić information content (AvgIpc) is 3.18. The van der Waals surface area contributed by atoms with Gasteiger partial charge in [0.2, 0.25) is 15.8 Å². The molecule has 9 heteroatoms. The van der Waals surface area contributed by atoms with E-state index >= 15 is 0 Å². The van der Waals surface area contributed by atoms with Gasteiger partial charge in [-0.15, -0.1) is 0 Å². The molecule has 168 valence electrons. The van der Waals surface area contributed by atoms with Gasteiger partial charge in [0.05, 0.1) is 4.90 Å². The van der Waals surface area contributed by atoms with Gasteiger partial charge in [-0.05, 0) is 49.2 Å². The number of rotatable bonds is 6. The molecule has 2 aromatic carbocycles. The number of anilines is 1. The molecule has 0 saturated heterocycles. The highest BCUT2D eigenvalue weighted by molar-refractivity contribution is 7.89. The molecular formula is C23H25N3O5S. The molecule has 1 heterocycles. The summed E-state index contributed by atoms with van der Waals surface area (Å²) in [4.78, 5) is 24.7. The van der Waals surface area contributed by atoms with Crippen LogP contribution in [0.1, 0.15) is 53.0 Å². The molecule has 1 aliphatic carbocycles. The molecule has 3 aromatic rings. The number of sulfonamides is 1. The van der Waals surface area contributed by atoms with Crippen LogP contribution in [0, 0.1) is 0 Å². The Labute approximate surface area is 186 Å². The van der Waals surface area contributed by atoms with Crippen molar-refractivity contribution in [3.63, 3.8) is 0 Å². The molecule has 1 fully saturated rings. The van der Waals surface area contributed by atoms with Gasteiger partial charge in [0.25, 0.3) is 11.8 Å². The second-order valence-electron chi connectivity index (χ2n) is 7.96. The fourth-order valence-electron chi connectivity index (χ4n) is 4.11. The van der Waals surface area contributed by atoms with E-state index in [9.17, 15) is 18.0 Å². The van der Waals surface area contributed by atoms with Gasteiger partial charge in [0.1, 0.15) is 11.3 Å². The number of hydrogen-bond donors (Lipinski definition) is 2. The molecule has 3 N–H and O–H groups in total. The van der Waals surface area contributed by atoms with E-state index in [0.717, 1.165) is 32.1 Å². The zero-order valence-electron chi connectivity index (χ0n) is 17.7. The Kier molecular flexibility index (Phi) is 6.03. The number of carbonyl (C=O) groups excluding carboxylic acids is 2. The van der Waals surface area contributed by atoms with Gasteiger partial charge in [-0.25, -0.2) is 8.42 Å². The number of nitrogens with zero attached hydrogens (tertiary/aromatic N) is 1. The van der Waals surface area contributed by atoms with E-state index in [0.29, 0.717) is 11.0 Å². The molecule has 2 amide bonds. The third-order valence-electron chi connectivity index (χ3n) is 5.94. The van der Waals surface area contributed by atoms with E-state index in [2.05, 4.69) is 5.32 Å². The monoisotopic (exact) mass is 455 g/mol. The van der Waals surface area contributed by atoms with Crippen LogP contribution in [0.15, 0.2) is 57.8 Å². The summed E-state index contributed by atoms with van der Waals surface area (Å²) in [6.07, 6.45) is 4.91. The van der Waals surface area contributed by atoms with Gasteiger partial charge in [-0.3, -0.25) is 9.59 Å². The number of primary amides is 1. The number of fused-ring (bicyclic) bond motifs is 1. The molecule has 0 radical (unpaired) electrons. The van der Waals surface area contributed by atoms with Gasteiger partial charge >= 0.3 is 0 Å². The smallest absolute Gasteiger partial charge is 0.286 e. The second kappa shape index (κ2) is 8.76. The Morgan fingerprint density at radius 3 is 2.34 bits per heavy atom. The summed E-state index contributed by atoms with van der Waals surface area (Å²) >= 11 is 0. The first kappa shape index (κ1) is 22.0. The molecule has 4 rings (SSSR count). The average molecular weight is 456 g/mol. The van der Waals surface area contributed by atoms with Gasteiger partial charge in [0, 0.05) is 24.0 Å². The predicted octanol–water partition coefficient (Wildman–Crippen LogP) is 3.74. The third kappa shape index (κ3) is 4.13. The van der Waals surface area contributed by atoms with Gasteiger partial charge in [-0.1, -0.05) is 31.4 Å². The van der Waals surface area contributed by atoms with Crippen LogP contribution in [0.2, 0.25) is 0 Å². The van der Waals surface area contributed by atoms with Crippen LogP contribution in [-0.4, -0.2) is 37.6 Å². The fraction of sp³-hybridized carbons (Fsp3) is 0.304. The van der Waals surface area contributed by atoms with E-state index in [4.69, 9.17) is 10.2 Å². The number of benzene rings is 2. The number of carbonyl (C=O) groups is 2. The van der Waals surface area contributed by atoms with E-state index in [1.807, 2.05) is 0 Å². The minimum absolute atomic E-state index is 0.00156. The molecule has 8 nitrogen and oxygen atoms in total. The Balaban J connectivity index is 1.56. The van der Waals surface area contributed by atoms with E-state index < -0.39 is 21.8 Å². The van der Waals surface area contributed by atoms with Crippen molar-refractivity contribution >= 4 is 38.5 Å². The van der Waals surface area contributed by atoms with Crippen LogP contribution in [0.4, 0.5) is 5.69 Å². The Hall–Kier alpha value is -3.17. The maximum absolute atomic E-state index is 13.0. The molecule has 0 unspecified atom stereocenters. The summed E-state index contributed by atoms with van der Waals surface area (Å²) in [5.41, 5.74) is 6.24. The molecular weight excluding hydrogens is 430 g/mol. The zero-order chi connectivity index (χ0) is 22.9. The predicted molar refractivity (Wildman–Crippen MR) is 121 cm³/mol. The van der Waals surface area contributed by atoms with Crippen molar-refractivity contribution in [1.29, 1.82) is 0 Å². The lowest BCUT2D eigenvalue weighted by molar-refractivity contribution is 0.0977. The van der Waals surface area contributed by atoms with Crippen molar-refractivity contribution < 1.29 is 22.4 Å². The minimum Gasteiger partial charge on any atom is -0.449 e. The molecule has 1 aromatic heterocycles. The Bertz CT molecular complexity index is 1260. The van der Waals surface area contributed by atoms with Crippen molar-refractivity contribution in [3.8, 4) is 0 Å². The van der Waals surface area contributed by atoms with E-state index in [1.54, 1.807) is 31.3 Å². The van der Waals surface area contributed by atoms with Crippen LogP contribution >= 0.6 is 0 Å². The van der Waals surface area contributed by atoms with Crippen LogP contribution in [-0.2, 0) is 10.0 Å². The maximum atomic E-state index is 13.0. The molecule has 0 bridgehead atoms. The summed E-state index contributed by atoms with van der Waals surface area (Å²) in [5.74, 6) is -1.46. The minimum atomic E-state index is -3.65. The number of nitrogens with one attached hydrogen (secondary N) is 1. The molecule has 1 aliphatic rings. The van der Waals surface area contributed by atoms with Crippen molar-refractivity contribution in [3.05, 3.63) is 59.9 Å². The first-order chi connectivity index (χ1) is 15.3. The van der Waals surface area contributed by atoms with Crippen LogP contribution < -0.4 is 11.1 Å². The quantitative estimate of drug-likeness (QED) is 0.586. The second-order valence-corrected chi connectivity index (χ2v) is 9.96. The van der Waals surface area contributed by atoms with Gasteiger partial charge in [0.15, 0.2) is 0 Å². The highest BCUT2D eigenvalue weighted by atomic mass is 32.2. The van der Waals surface area contributed by atoms with Crippen LogP contribution in [0.5, 0.6) is 0 Å². The largest absolute Gasteiger partial charge is 0.449 e. The number of para-hydroxylation sites is 1. The highest BCUT2D eigenvalue weighted by Gasteiger charge is 2.29. The number of amides is 2. The Morgan fingerprint density at radius 2 is 1.69 bits per heavy atom. The van der Waals surface area contributed by atoms with Crippen LogP contribution in [0.3, 0.4) is 0 Å². The number of nitrogens with two attached hydrogens (primary N) is 1. The molecule has 0 spiro atoms.